The molecule has 30 heavy (non-hydrogen) atoms. The molecular weight excluding hydrogens is 374 g/mol. The number of nitrogens with zero attached hydrogens (tertiary/aromatic N) is 1. The van der Waals surface area contributed by atoms with Crippen LogP contribution >= 0.6 is 0 Å². The summed E-state index contributed by atoms with van der Waals surface area (Å²) in [7, 11) is 0. The van der Waals surface area contributed by atoms with E-state index < -0.39 is 0 Å². The first-order valence-corrected chi connectivity index (χ1v) is 11.1. The minimum Gasteiger partial charge on any atom is -0.371 e. The van der Waals surface area contributed by atoms with E-state index in [2.05, 4.69) is 15.5 Å². The summed E-state index contributed by atoms with van der Waals surface area (Å²) in [4.78, 5) is 27.5. The van der Waals surface area contributed by atoms with Gasteiger partial charge in [0.05, 0.1) is 11.6 Å². The molecule has 2 N–H and O–H groups in total. The van der Waals surface area contributed by atoms with Crippen molar-refractivity contribution < 1.29 is 9.59 Å². The zero-order valence-corrected chi connectivity index (χ0v) is 17.6. The summed E-state index contributed by atoms with van der Waals surface area (Å²) in [5, 5.41) is 6.36. The normalized spacial score (nSPS) is 18.4. The summed E-state index contributed by atoms with van der Waals surface area (Å²) in [6, 6.07) is 18.0. The average Bonchev–Trinajstić information content (AvgIpc) is 2.73. The van der Waals surface area contributed by atoms with Gasteiger partial charge in [0, 0.05) is 30.7 Å². The summed E-state index contributed by atoms with van der Waals surface area (Å²) >= 11 is 0. The zero-order valence-electron chi connectivity index (χ0n) is 17.6. The summed E-state index contributed by atoms with van der Waals surface area (Å²) < 4.78 is 0. The van der Waals surface area contributed by atoms with Crippen molar-refractivity contribution in [2.45, 2.75) is 51.1 Å². The molecule has 2 aromatic rings. The van der Waals surface area contributed by atoms with Gasteiger partial charge in [0.2, 0.25) is 5.91 Å². The van der Waals surface area contributed by atoms with Gasteiger partial charge < -0.3 is 15.5 Å². The fourth-order valence-electron chi connectivity index (χ4n) is 4.30. The molecule has 1 atom stereocenters. The number of benzene rings is 2. The number of piperidine rings is 1. The Hall–Kier alpha value is -2.82. The standard InChI is InChI=1S/C25H31N3O2/c1-18(19-8-3-2-4-9-19)26-25(30)22-12-5-6-13-23(22)28-16-14-21(15-17-28)27-24(29)20-10-7-11-20/h2-6,8-9,12-13,18,20-21H,7,10-11,14-17H2,1H3,(H,26,30)(H,27,29). The second-order valence-electron chi connectivity index (χ2n) is 8.52. The van der Waals surface area contributed by atoms with Gasteiger partial charge in [-0.15, -0.1) is 0 Å². The minimum atomic E-state index is -0.0563. The maximum atomic E-state index is 13.0. The Balaban J connectivity index is 1.37. The molecule has 4 rings (SSSR count). The quantitative estimate of drug-likeness (QED) is 0.762. The van der Waals surface area contributed by atoms with Crippen molar-refractivity contribution in [1.82, 2.24) is 10.6 Å². The number of carbonyl (C=O) groups excluding carboxylic acids is 2. The Morgan fingerprint density at radius 2 is 1.60 bits per heavy atom. The van der Waals surface area contributed by atoms with Crippen LogP contribution in [0.3, 0.4) is 0 Å². The predicted octanol–water partition coefficient (Wildman–Crippen LogP) is 4.06. The van der Waals surface area contributed by atoms with E-state index in [0.717, 1.165) is 50.0 Å². The second-order valence-corrected chi connectivity index (χ2v) is 8.52. The molecule has 1 heterocycles. The van der Waals surface area contributed by atoms with E-state index >= 15 is 0 Å². The Morgan fingerprint density at radius 3 is 2.27 bits per heavy atom. The van der Waals surface area contributed by atoms with Crippen LogP contribution in [0, 0.1) is 5.92 Å². The van der Waals surface area contributed by atoms with E-state index in [0.29, 0.717) is 5.56 Å². The summed E-state index contributed by atoms with van der Waals surface area (Å²) in [5.41, 5.74) is 2.77. The molecule has 1 unspecified atom stereocenters. The van der Waals surface area contributed by atoms with E-state index in [-0.39, 0.29) is 29.8 Å². The van der Waals surface area contributed by atoms with Crippen LogP contribution in [0.4, 0.5) is 5.69 Å². The van der Waals surface area contributed by atoms with Crippen molar-refractivity contribution in [3.8, 4) is 0 Å². The molecule has 5 heteroatoms. The molecule has 2 amide bonds. The molecule has 2 aromatic carbocycles. The van der Waals surface area contributed by atoms with Crippen molar-refractivity contribution in [1.29, 1.82) is 0 Å². The van der Waals surface area contributed by atoms with Crippen molar-refractivity contribution in [3.05, 3.63) is 65.7 Å². The van der Waals surface area contributed by atoms with Crippen molar-refractivity contribution >= 4 is 17.5 Å². The number of amides is 2. The fraction of sp³-hybridized carbons (Fsp3) is 0.440. The summed E-state index contributed by atoms with van der Waals surface area (Å²) in [5.74, 6) is 0.413. The van der Waals surface area contributed by atoms with Gasteiger partial charge in [-0.3, -0.25) is 9.59 Å². The third-order valence-corrected chi connectivity index (χ3v) is 6.45. The number of rotatable bonds is 6. The summed E-state index contributed by atoms with van der Waals surface area (Å²) in [6.45, 7) is 3.69. The molecule has 2 aliphatic rings. The van der Waals surface area contributed by atoms with Gasteiger partial charge in [-0.2, -0.15) is 0 Å². The van der Waals surface area contributed by atoms with Gasteiger partial charge in [-0.05, 0) is 50.3 Å². The number of hydrogen-bond donors (Lipinski definition) is 2. The molecule has 5 nitrogen and oxygen atoms in total. The summed E-state index contributed by atoms with van der Waals surface area (Å²) in [6.07, 6.45) is 5.07. The van der Waals surface area contributed by atoms with E-state index in [4.69, 9.17) is 0 Å². The highest BCUT2D eigenvalue weighted by molar-refractivity contribution is 6.00. The van der Waals surface area contributed by atoms with Crippen LogP contribution in [0.1, 0.15) is 61.0 Å². The van der Waals surface area contributed by atoms with Gasteiger partial charge in [0.15, 0.2) is 0 Å². The van der Waals surface area contributed by atoms with Gasteiger partial charge in [0.1, 0.15) is 0 Å². The highest BCUT2D eigenvalue weighted by Gasteiger charge is 2.29. The molecule has 0 radical (unpaired) electrons. The number of anilines is 1. The molecule has 0 spiro atoms. The smallest absolute Gasteiger partial charge is 0.253 e. The largest absolute Gasteiger partial charge is 0.371 e. The van der Waals surface area contributed by atoms with Gasteiger partial charge in [-0.25, -0.2) is 0 Å². The highest BCUT2D eigenvalue weighted by Crippen LogP contribution is 2.28. The Kier molecular flexibility index (Phi) is 6.36. The van der Waals surface area contributed by atoms with Crippen LogP contribution in [0.25, 0.3) is 0 Å². The number of hydrogen-bond acceptors (Lipinski definition) is 3. The Bertz CT molecular complexity index is 871. The maximum absolute atomic E-state index is 13.0. The minimum absolute atomic E-state index is 0.0534. The molecule has 1 saturated heterocycles. The van der Waals surface area contributed by atoms with Crippen LogP contribution in [0.2, 0.25) is 0 Å². The molecule has 0 bridgehead atoms. The molecule has 1 aliphatic carbocycles. The number of para-hydroxylation sites is 1. The lowest BCUT2D eigenvalue weighted by Gasteiger charge is -2.36. The molecular formula is C25H31N3O2. The van der Waals surface area contributed by atoms with Gasteiger partial charge in [-0.1, -0.05) is 48.9 Å². The molecule has 158 valence electrons. The SMILES string of the molecule is CC(NC(=O)c1ccccc1N1CCC(NC(=O)C2CCC2)CC1)c1ccccc1. The first-order valence-electron chi connectivity index (χ1n) is 11.1. The van der Waals surface area contributed by atoms with Crippen molar-refractivity contribution in [2.75, 3.05) is 18.0 Å². The lowest BCUT2D eigenvalue weighted by molar-refractivity contribution is -0.128. The first-order chi connectivity index (χ1) is 14.6. The van der Waals surface area contributed by atoms with E-state index in [1.165, 1.54) is 6.42 Å². The lowest BCUT2D eigenvalue weighted by atomic mass is 9.84. The number of nitrogens with one attached hydrogen (secondary N) is 2. The van der Waals surface area contributed by atoms with E-state index in [1.54, 1.807) is 0 Å². The monoisotopic (exact) mass is 405 g/mol. The highest BCUT2D eigenvalue weighted by atomic mass is 16.2. The predicted molar refractivity (Wildman–Crippen MR) is 119 cm³/mol. The third-order valence-electron chi connectivity index (χ3n) is 6.45. The van der Waals surface area contributed by atoms with Crippen molar-refractivity contribution in [3.63, 3.8) is 0 Å². The van der Waals surface area contributed by atoms with Crippen LogP contribution in [0.15, 0.2) is 54.6 Å². The third kappa shape index (κ3) is 4.66. The van der Waals surface area contributed by atoms with E-state index in [9.17, 15) is 9.59 Å². The van der Waals surface area contributed by atoms with Crippen LogP contribution in [-0.2, 0) is 4.79 Å². The second kappa shape index (κ2) is 9.33. The molecule has 2 fully saturated rings. The molecule has 0 aromatic heterocycles. The zero-order chi connectivity index (χ0) is 20.9. The first kappa shape index (κ1) is 20.5. The fourth-order valence-corrected chi connectivity index (χ4v) is 4.30. The molecule has 1 aliphatic heterocycles. The average molecular weight is 406 g/mol. The van der Waals surface area contributed by atoms with E-state index in [1.807, 2.05) is 61.5 Å². The molecule has 1 saturated carbocycles. The van der Waals surface area contributed by atoms with Gasteiger partial charge >= 0.3 is 0 Å². The van der Waals surface area contributed by atoms with Gasteiger partial charge in [0.25, 0.3) is 5.91 Å². The van der Waals surface area contributed by atoms with Crippen LogP contribution < -0.4 is 15.5 Å². The lowest BCUT2D eigenvalue weighted by Crippen LogP contribution is -2.47. The van der Waals surface area contributed by atoms with Crippen molar-refractivity contribution in [2.24, 2.45) is 5.92 Å². The Labute approximate surface area is 178 Å². The maximum Gasteiger partial charge on any atom is 0.253 e. The Morgan fingerprint density at radius 1 is 0.933 bits per heavy atom. The van der Waals surface area contributed by atoms with Crippen LogP contribution in [-0.4, -0.2) is 30.9 Å². The topological polar surface area (TPSA) is 61.4 Å². The number of carbonyl (C=O) groups is 2. The van der Waals surface area contributed by atoms with Crippen LogP contribution in [0.5, 0.6) is 0 Å².